The van der Waals surface area contributed by atoms with Crippen LogP contribution in [0.1, 0.15) is 44.0 Å². The van der Waals surface area contributed by atoms with Crippen molar-refractivity contribution in [2.45, 2.75) is 39.2 Å². The number of nitrogens with zero attached hydrogens (tertiary/aromatic N) is 1. The third kappa shape index (κ3) is 3.80. The lowest BCUT2D eigenvalue weighted by Gasteiger charge is -2.35. The van der Waals surface area contributed by atoms with Crippen LogP contribution in [0, 0.1) is 0 Å². The van der Waals surface area contributed by atoms with Crippen LogP contribution in [0.5, 0.6) is 0 Å². The van der Waals surface area contributed by atoms with Crippen molar-refractivity contribution in [3.05, 3.63) is 29.8 Å². The first-order valence-corrected chi connectivity index (χ1v) is 7.09. The van der Waals surface area contributed by atoms with Crippen LogP contribution in [-0.4, -0.2) is 31.0 Å². The molecule has 0 saturated carbocycles. The van der Waals surface area contributed by atoms with E-state index in [1.165, 1.54) is 5.69 Å². The van der Waals surface area contributed by atoms with Crippen LogP contribution in [0.2, 0.25) is 0 Å². The van der Waals surface area contributed by atoms with Crippen LogP contribution >= 0.6 is 0 Å². The molecule has 104 valence electrons. The minimum atomic E-state index is 0.135. The highest BCUT2D eigenvalue weighted by Gasteiger charge is 2.21. The molecule has 1 N–H and O–H groups in total. The van der Waals surface area contributed by atoms with Crippen molar-refractivity contribution in [3.63, 3.8) is 0 Å². The maximum Gasteiger partial charge on any atom is 0.159 e. The van der Waals surface area contributed by atoms with Crippen molar-refractivity contribution in [1.29, 1.82) is 0 Å². The van der Waals surface area contributed by atoms with Crippen LogP contribution in [-0.2, 0) is 0 Å². The Morgan fingerprint density at radius 3 is 2.84 bits per heavy atom. The molecule has 0 bridgehead atoms. The molecule has 19 heavy (non-hydrogen) atoms. The number of Topliss-reactive ketones (excluding diaryl/α,β-unsaturated/α-hetero) is 1. The van der Waals surface area contributed by atoms with Gasteiger partial charge in [0.15, 0.2) is 5.78 Å². The van der Waals surface area contributed by atoms with E-state index in [0.717, 1.165) is 38.0 Å². The molecule has 1 heterocycles. The molecule has 0 radical (unpaired) electrons. The van der Waals surface area contributed by atoms with Gasteiger partial charge >= 0.3 is 0 Å². The molecule has 3 nitrogen and oxygen atoms in total. The van der Waals surface area contributed by atoms with Gasteiger partial charge in [-0.15, -0.1) is 0 Å². The molecule has 0 spiro atoms. The molecule has 1 saturated heterocycles. The SMILES string of the molecule is CC(=O)c1cccc(N2CCCNC(C)(C)CC2)c1. The van der Waals surface area contributed by atoms with E-state index in [9.17, 15) is 4.79 Å². The van der Waals surface area contributed by atoms with Gasteiger partial charge in [0.1, 0.15) is 0 Å². The van der Waals surface area contributed by atoms with Gasteiger partial charge in [-0.1, -0.05) is 12.1 Å². The molecule has 1 aromatic rings. The van der Waals surface area contributed by atoms with Gasteiger partial charge in [-0.05, 0) is 52.3 Å². The van der Waals surface area contributed by atoms with E-state index in [2.05, 4.69) is 30.1 Å². The fraction of sp³-hybridized carbons (Fsp3) is 0.562. The maximum absolute atomic E-state index is 11.5. The molecule has 0 atom stereocenters. The zero-order valence-electron chi connectivity index (χ0n) is 12.2. The van der Waals surface area contributed by atoms with Crippen molar-refractivity contribution in [2.75, 3.05) is 24.5 Å². The molecule has 1 aromatic carbocycles. The lowest BCUT2D eigenvalue weighted by atomic mass is 9.98. The van der Waals surface area contributed by atoms with E-state index in [4.69, 9.17) is 0 Å². The molecule has 0 unspecified atom stereocenters. The third-order valence-corrected chi connectivity index (χ3v) is 3.83. The summed E-state index contributed by atoms with van der Waals surface area (Å²) in [5, 5.41) is 3.58. The van der Waals surface area contributed by atoms with Crippen molar-refractivity contribution in [3.8, 4) is 0 Å². The van der Waals surface area contributed by atoms with E-state index >= 15 is 0 Å². The quantitative estimate of drug-likeness (QED) is 0.830. The van der Waals surface area contributed by atoms with Gasteiger partial charge in [-0.2, -0.15) is 0 Å². The standard InChI is InChI=1S/C16H24N2O/c1-13(19)14-6-4-7-15(12-14)18-10-5-9-17-16(2,3)8-11-18/h4,6-7,12,17H,5,8-11H2,1-3H3. The van der Waals surface area contributed by atoms with Gasteiger partial charge < -0.3 is 10.2 Å². The second kappa shape index (κ2) is 5.74. The second-order valence-corrected chi connectivity index (χ2v) is 6.01. The second-order valence-electron chi connectivity index (χ2n) is 6.01. The van der Waals surface area contributed by atoms with Crippen molar-refractivity contribution < 1.29 is 4.79 Å². The Kier molecular flexibility index (Phi) is 4.25. The predicted octanol–water partition coefficient (Wildman–Crippen LogP) is 2.86. The number of hydrogen-bond acceptors (Lipinski definition) is 3. The average molecular weight is 260 g/mol. The molecule has 3 heteroatoms. The van der Waals surface area contributed by atoms with Crippen LogP contribution < -0.4 is 10.2 Å². The summed E-state index contributed by atoms with van der Waals surface area (Å²) in [6.45, 7) is 9.26. The summed E-state index contributed by atoms with van der Waals surface area (Å²) in [5.74, 6) is 0.135. The zero-order chi connectivity index (χ0) is 13.9. The van der Waals surface area contributed by atoms with Gasteiger partial charge in [-0.3, -0.25) is 4.79 Å². The lowest BCUT2D eigenvalue weighted by Crippen LogP contribution is -2.46. The third-order valence-electron chi connectivity index (χ3n) is 3.83. The van der Waals surface area contributed by atoms with Crippen LogP contribution in [0.4, 0.5) is 5.69 Å². The summed E-state index contributed by atoms with van der Waals surface area (Å²) in [7, 11) is 0. The summed E-state index contributed by atoms with van der Waals surface area (Å²) in [6.07, 6.45) is 2.24. The molecule has 2 rings (SSSR count). The number of ketones is 1. The Morgan fingerprint density at radius 1 is 1.32 bits per heavy atom. The number of carbonyl (C=O) groups excluding carboxylic acids is 1. The zero-order valence-corrected chi connectivity index (χ0v) is 12.2. The Morgan fingerprint density at radius 2 is 2.11 bits per heavy atom. The molecule has 0 amide bonds. The largest absolute Gasteiger partial charge is 0.371 e. The highest BCUT2D eigenvalue weighted by atomic mass is 16.1. The van der Waals surface area contributed by atoms with E-state index < -0.39 is 0 Å². The minimum Gasteiger partial charge on any atom is -0.371 e. The highest BCUT2D eigenvalue weighted by molar-refractivity contribution is 5.94. The Balaban J connectivity index is 2.15. The number of carbonyl (C=O) groups is 1. The lowest BCUT2D eigenvalue weighted by molar-refractivity contribution is 0.101. The van der Waals surface area contributed by atoms with Crippen LogP contribution in [0.15, 0.2) is 24.3 Å². The average Bonchev–Trinajstić information content (AvgIpc) is 2.35. The highest BCUT2D eigenvalue weighted by Crippen LogP contribution is 2.21. The predicted molar refractivity (Wildman–Crippen MR) is 80.0 cm³/mol. The van der Waals surface area contributed by atoms with Gasteiger partial charge in [0.2, 0.25) is 0 Å². The number of nitrogens with one attached hydrogen (secondary N) is 1. The summed E-state index contributed by atoms with van der Waals surface area (Å²) in [6, 6.07) is 7.99. The number of hydrogen-bond donors (Lipinski definition) is 1. The van der Waals surface area contributed by atoms with Crippen LogP contribution in [0.3, 0.4) is 0 Å². The first-order chi connectivity index (χ1) is 8.98. The normalized spacial score (nSPS) is 19.6. The molecule has 1 aliphatic rings. The van der Waals surface area contributed by atoms with Gasteiger partial charge in [0, 0.05) is 29.9 Å². The molecule has 1 fully saturated rings. The monoisotopic (exact) mass is 260 g/mol. The molecule has 0 aliphatic carbocycles. The Hall–Kier alpha value is -1.35. The van der Waals surface area contributed by atoms with Crippen molar-refractivity contribution in [1.82, 2.24) is 5.32 Å². The molecule has 0 aromatic heterocycles. The van der Waals surface area contributed by atoms with E-state index in [1.807, 2.05) is 18.2 Å². The van der Waals surface area contributed by atoms with E-state index in [0.29, 0.717) is 0 Å². The fourth-order valence-electron chi connectivity index (χ4n) is 2.49. The van der Waals surface area contributed by atoms with Crippen molar-refractivity contribution in [2.24, 2.45) is 0 Å². The Bertz CT molecular complexity index is 454. The number of benzene rings is 1. The van der Waals surface area contributed by atoms with Gasteiger partial charge in [0.25, 0.3) is 0 Å². The summed E-state index contributed by atoms with van der Waals surface area (Å²) in [4.78, 5) is 13.9. The molecular weight excluding hydrogens is 236 g/mol. The molecular formula is C16H24N2O. The van der Waals surface area contributed by atoms with E-state index in [1.54, 1.807) is 6.92 Å². The minimum absolute atomic E-state index is 0.135. The fourth-order valence-corrected chi connectivity index (χ4v) is 2.49. The number of anilines is 1. The summed E-state index contributed by atoms with van der Waals surface area (Å²) in [5.41, 5.74) is 2.17. The van der Waals surface area contributed by atoms with Gasteiger partial charge in [0.05, 0.1) is 0 Å². The Labute approximate surface area is 116 Å². The smallest absolute Gasteiger partial charge is 0.159 e. The first kappa shape index (κ1) is 14.1. The topological polar surface area (TPSA) is 32.3 Å². The number of rotatable bonds is 2. The maximum atomic E-state index is 11.5. The van der Waals surface area contributed by atoms with Gasteiger partial charge in [-0.25, -0.2) is 0 Å². The summed E-state index contributed by atoms with van der Waals surface area (Å²) >= 11 is 0. The van der Waals surface area contributed by atoms with Crippen LogP contribution in [0.25, 0.3) is 0 Å². The molecule has 1 aliphatic heterocycles. The first-order valence-electron chi connectivity index (χ1n) is 7.09. The van der Waals surface area contributed by atoms with E-state index in [-0.39, 0.29) is 11.3 Å². The van der Waals surface area contributed by atoms with Crippen molar-refractivity contribution >= 4 is 11.5 Å². The summed E-state index contributed by atoms with van der Waals surface area (Å²) < 4.78 is 0.